The molecule has 0 saturated heterocycles. The van der Waals surface area contributed by atoms with E-state index in [2.05, 4.69) is 44.0 Å². The van der Waals surface area contributed by atoms with Crippen molar-refractivity contribution >= 4 is 55.1 Å². The summed E-state index contributed by atoms with van der Waals surface area (Å²) in [5.41, 5.74) is 2.18. The summed E-state index contributed by atoms with van der Waals surface area (Å²) < 4.78 is 6.51. The first kappa shape index (κ1) is 17.1. The minimum atomic E-state index is 0.0903. The molecule has 0 saturated carbocycles. The number of rotatable bonds is 5. The van der Waals surface area contributed by atoms with Gasteiger partial charge in [-0.15, -0.1) is 0 Å². The summed E-state index contributed by atoms with van der Waals surface area (Å²) in [6.45, 7) is 2.48. The molecule has 0 aliphatic heterocycles. The molecule has 112 valence electrons. The average Bonchev–Trinajstić information content (AvgIpc) is 2.42. The Labute approximate surface area is 151 Å². The lowest BCUT2D eigenvalue weighted by atomic mass is 10.0. The second-order valence-corrected chi connectivity index (χ2v) is 7.37. The number of halogens is 4. The lowest BCUT2D eigenvalue weighted by molar-refractivity contribution is 0.340. The van der Waals surface area contributed by atoms with Crippen molar-refractivity contribution in [3.05, 3.63) is 62.0 Å². The zero-order valence-corrected chi connectivity index (χ0v) is 16.1. The normalized spacial score (nSPS) is 12.2. The van der Waals surface area contributed by atoms with Crippen LogP contribution in [0.15, 0.2) is 40.9 Å². The molecule has 1 unspecified atom stereocenters. The van der Waals surface area contributed by atoms with Crippen LogP contribution in [0.5, 0.6) is 5.75 Å². The van der Waals surface area contributed by atoms with E-state index in [0.717, 1.165) is 16.5 Å². The Kier molecular flexibility index (Phi) is 6.42. The molecule has 21 heavy (non-hydrogen) atoms. The Morgan fingerprint density at radius 3 is 2.57 bits per heavy atom. The molecule has 0 heterocycles. The van der Waals surface area contributed by atoms with E-state index in [0.29, 0.717) is 22.4 Å². The Morgan fingerprint density at radius 2 is 1.90 bits per heavy atom. The highest BCUT2D eigenvalue weighted by molar-refractivity contribution is 9.10. The quantitative estimate of drug-likeness (QED) is 0.451. The van der Waals surface area contributed by atoms with Crippen LogP contribution in [0.4, 0.5) is 0 Å². The van der Waals surface area contributed by atoms with Crippen molar-refractivity contribution in [2.45, 2.75) is 18.2 Å². The van der Waals surface area contributed by atoms with Gasteiger partial charge in [0, 0.05) is 20.4 Å². The van der Waals surface area contributed by atoms with Gasteiger partial charge in [0.05, 0.1) is 11.6 Å². The summed E-state index contributed by atoms with van der Waals surface area (Å²) in [5.74, 6) is 0.620. The summed E-state index contributed by atoms with van der Waals surface area (Å²) in [5, 5.41) is 1.23. The Balaban J connectivity index is 2.23. The van der Waals surface area contributed by atoms with Crippen LogP contribution >= 0.6 is 55.1 Å². The smallest absolute Gasteiger partial charge is 0.139 e. The van der Waals surface area contributed by atoms with E-state index in [1.54, 1.807) is 6.07 Å². The number of ether oxygens (including phenoxy) is 1. The van der Waals surface area contributed by atoms with Gasteiger partial charge in [-0.2, -0.15) is 0 Å². The van der Waals surface area contributed by atoms with Crippen molar-refractivity contribution in [3.63, 3.8) is 0 Å². The fourth-order valence-corrected chi connectivity index (χ4v) is 3.87. The number of hydrogen-bond acceptors (Lipinski definition) is 1. The number of alkyl halides is 1. The molecule has 2 aromatic carbocycles. The van der Waals surface area contributed by atoms with Crippen LogP contribution in [0.2, 0.25) is 10.0 Å². The van der Waals surface area contributed by atoms with Crippen LogP contribution in [-0.4, -0.2) is 6.61 Å². The van der Waals surface area contributed by atoms with Gasteiger partial charge >= 0.3 is 0 Å². The number of benzene rings is 2. The third-order valence-corrected chi connectivity index (χ3v) is 4.93. The van der Waals surface area contributed by atoms with Crippen LogP contribution in [-0.2, 0) is 6.42 Å². The largest absolute Gasteiger partial charge is 0.492 e. The molecule has 2 rings (SSSR count). The molecular weight excluding hydrogens is 439 g/mol. The van der Waals surface area contributed by atoms with Crippen molar-refractivity contribution in [2.24, 2.45) is 0 Å². The van der Waals surface area contributed by atoms with E-state index in [9.17, 15) is 0 Å². The van der Waals surface area contributed by atoms with Gasteiger partial charge in [-0.3, -0.25) is 0 Å². The van der Waals surface area contributed by atoms with Crippen molar-refractivity contribution in [3.8, 4) is 5.75 Å². The Bertz CT molecular complexity index is 632. The summed E-state index contributed by atoms with van der Waals surface area (Å²) in [7, 11) is 0. The fourth-order valence-electron chi connectivity index (χ4n) is 2.03. The molecule has 0 radical (unpaired) electrons. The molecule has 1 atom stereocenters. The van der Waals surface area contributed by atoms with E-state index >= 15 is 0 Å². The van der Waals surface area contributed by atoms with Crippen LogP contribution < -0.4 is 4.74 Å². The lowest BCUT2D eigenvalue weighted by Crippen LogP contribution is -1.99. The second kappa shape index (κ2) is 7.87. The first-order valence-electron chi connectivity index (χ1n) is 6.51. The first-order chi connectivity index (χ1) is 10.0. The molecule has 0 aromatic heterocycles. The molecule has 0 fully saturated rings. The molecule has 0 bridgehead atoms. The third-order valence-electron chi connectivity index (χ3n) is 2.99. The van der Waals surface area contributed by atoms with E-state index in [-0.39, 0.29) is 4.83 Å². The van der Waals surface area contributed by atoms with Gasteiger partial charge in [0.2, 0.25) is 0 Å². The second-order valence-electron chi connectivity index (χ2n) is 4.54. The van der Waals surface area contributed by atoms with Gasteiger partial charge in [0.1, 0.15) is 5.75 Å². The first-order valence-corrected chi connectivity index (χ1v) is 8.98. The SMILES string of the molecule is CCOc1cc(Cl)c(C(Br)Cc2cccc(Br)c2)cc1Cl. The van der Waals surface area contributed by atoms with Crippen LogP contribution in [0.3, 0.4) is 0 Å². The molecule has 0 amide bonds. The zero-order valence-electron chi connectivity index (χ0n) is 11.4. The molecule has 5 heteroatoms. The Morgan fingerprint density at radius 1 is 1.14 bits per heavy atom. The lowest BCUT2D eigenvalue weighted by Gasteiger charge is -2.15. The van der Waals surface area contributed by atoms with Crippen LogP contribution in [0, 0.1) is 0 Å². The van der Waals surface area contributed by atoms with Crippen LogP contribution in [0.25, 0.3) is 0 Å². The van der Waals surface area contributed by atoms with Gasteiger partial charge < -0.3 is 4.74 Å². The maximum Gasteiger partial charge on any atom is 0.139 e. The van der Waals surface area contributed by atoms with Crippen molar-refractivity contribution < 1.29 is 4.74 Å². The molecular formula is C16H14Br2Cl2O. The summed E-state index contributed by atoms with van der Waals surface area (Å²) in [6.07, 6.45) is 0.823. The van der Waals surface area contributed by atoms with Crippen molar-refractivity contribution in [1.29, 1.82) is 0 Å². The fraction of sp³-hybridized carbons (Fsp3) is 0.250. The highest BCUT2D eigenvalue weighted by atomic mass is 79.9. The minimum absolute atomic E-state index is 0.0903. The molecule has 0 aliphatic rings. The van der Waals surface area contributed by atoms with Gasteiger partial charge in [0.15, 0.2) is 0 Å². The third kappa shape index (κ3) is 4.62. The number of hydrogen-bond donors (Lipinski definition) is 0. The maximum absolute atomic E-state index is 6.35. The van der Waals surface area contributed by atoms with Crippen molar-refractivity contribution in [2.75, 3.05) is 6.61 Å². The van der Waals surface area contributed by atoms with E-state index in [1.807, 2.05) is 25.1 Å². The molecule has 0 spiro atoms. The van der Waals surface area contributed by atoms with Gasteiger partial charge in [-0.1, -0.05) is 67.2 Å². The van der Waals surface area contributed by atoms with E-state index < -0.39 is 0 Å². The van der Waals surface area contributed by atoms with E-state index in [1.165, 1.54) is 5.56 Å². The minimum Gasteiger partial charge on any atom is -0.492 e. The van der Waals surface area contributed by atoms with E-state index in [4.69, 9.17) is 27.9 Å². The van der Waals surface area contributed by atoms with Crippen molar-refractivity contribution in [1.82, 2.24) is 0 Å². The summed E-state index contributed by atoms with van der Waals surface area (Å²) in [6, 6.07) is 11.9. The van der Waals surface area contributed by atoms with Crippen LogP contribution in [0.1, 0.15) is 22.9 Å². The Hall–Kier alpha value is -0.220. The van der Waals surface area contributed by atoms with Gasteiger partial charge in [-0.05, 0) is 42.7 Å². The molecule has 0 aliphatic carbocycles. The summed E-state index contributed by atoms with van der Waals surface area (Å²) >= 11 is 19.8. The topological polar surface area (TPSA) is 9.23 Å². The predicted molar refractivity (Wildman–Crippen MR) is 97.1 cm³/mol. The van der Waals surface area contributed by atoms with Gasteiger partial charge in [-0.25, -0.2) is 0 Å². The predicted octanol–water partition coefficient (Wildman–Crippen LogP) is 6.83. The molecule has 0 N–H and O–H groups in total. The zero-order chi connectivity index (χ0) is 15.4. The average molecular weight is 453 g/mol. The molecule has 1 nitrogen and oxygen atoms in total. The molecule has 2 aromatic rings. The highest BCUT2D eigenvalue weighted by Gasteiger charge is 2.16. The highest BCUT2D eigenvalue weighted by Crippen LogP contribution is 2.38. The standard InChI is InChI=1S/C16H14Br2Cl2O/c1-2-21-16-9-14(19)12(8-15(16)20)13(18)7-10-4-3-5-11(17)6-10/h3-6,8-9,13H,2,7H2,1H3. The maximum atomic E-state index is 6.35. The summed E-state index contributed by atoms with van der Waals surface area (Å²) in [4.78, 5) is 0.0903. The van der Waals surface area contributed by atoms with Gasteiger partial charge in [0.25, 0.3) is 0 Å². The monoisotopic (exact) mass is 450 g/mol.